The number of thiophene rings is 1. The number of nitrogens with zero attached hydrogens (tertiary/aromatic N) is 3. The van der Waals surface area contributed by atoms with Crippen LogP contribution in [-0.4, -0.2) is 43.3 Å². The number of carbonyl (C=O) groups excluding carboxylic acids is 3. The lowest BCUT2D eigenvalue weighted by atomic mass is 10.0. The minimum Gasteiger partial charge on any atom is -0.378 e. The Morgan fingerprint density at radius 1 is 0.862 bits per heavy atom. The number of hydrogen-bond donors (Lipinski definition) is 3. The van der Waals surface area contributed by atoms with E-state index in [-0.39, 0.29) is 11.6 Å². The van der Waals surface area contributed by atoms with E-state index in [2.05, 4.69) is 39.1 Å². The lowest BCUT2D eigenvalue weighted by Crippen LogP contribution is -2.30. The Labute approximate surface area is 347 Å². The molecule has 0 spiro atoms. The standard InChI is InChI=1S/C47H42N6O3S2/c1-52(2)37-23-21-32(22-24-37)27-41(50-44(54)35-17-10-5-11-18-35)45(55)49-36-19-12-20-38(28-36)57-43(34-15-8-4-9-16-34)46(56)51-47-40(29-48)39-25-26-53(31-42(39)58-47)30-33-13-6-3-7-14-33/h3-24,27-28,43H,25-26,30-31H2,1-2H3,(H,49,55)(H,50,54)(H,51,56)/b41-27+. The van der Waals surface area contributed by atoms with Crippen LogP contribution in [0.1, 0.15) is 48.3 Å². The van der Waals surface area contributed by atoms with Crippen molar-refractivity contribution in [3.05, 3.63) is 183 Å². The van der Waals surface area contributed by atoms with Crippen molar-refractivity contribution in [2.45, 2.75) is 29.7 Å². The molecule has 0 fully saturated rings. The Bertz CT molecular complexity index is 2460. The van der Waals surface area contributed by atoms with Gasteiger partial charge in [0.05, 0.1) is 5.56 Å². The molecule has 2 heterocycles. The first-order valence-electron chi connectivity index (χ1n) is 18.8. The zero-order valence-electron chi connectivity index (χ0n) is 32.1. The van der Waals surface area contributed by atoms with Crippen LogP contribution in [0, 0.1) is 11.3 Å². The Hall–Kier alpha value is -6.45. The van der Waals surface area contributed by atoms with Gasteiger partial charge in [0, 0.05) is 60.4 Å². The molecule has 1 unspecified atom stereocenters. The maximum absolute atomic E-state index is 14.2. The molecular weight excluding hydrogens is 761 g/mol. The number of fused-ring (bicyclic) bond motifs is 1. The molecule has 0 saturated heterocycles. The Kier molecular flexibility index (Phi) is 12.8. The van der Waals surface area contributed by atoms with Crippen molar-refractivity contribution in [2.75, 3.05) is 36.2 Å². The molecule has 0 radical (unpaired) electrons. The first-order chi connectivity index (χ1) is 28.2. The number of carbonyl (C=O) groups is 3. The third kappa shape index (κ3) is 9.91. The number of anilines is 3. The number of benzene rings is 5. The van der Waals surface area contributed by atoms with Crippen LogP contribution < -0.4 is 20.9 Å². The lowest BCUT2D eigenvalue weighted by Gasteiger charge is -2.26. The van der Waals surface area contributed by atoms with Gasteiger partial charge in [-0.1, -0.05) is 97.1 Å². The summed E-state index contributed by atoms with van der Waals surface area (Å²) in [6.45, 7) is 2.36. The predicted molar refractivity (Wildman–Crippen MR) is 235 cm³/mol. The van der Waals surface area contributed by atoms with E-state index in [1.165, 1.54) is 28.7 Å². The summed E-state index contributed by atoms with van der Waals surface area (Å²) in [5.41, 5.74) is 6.29. The molecule has 3 N–H and O–H groups in total. The summed E-state index contributed by atoms with van der Waals surface area (Å²) in [6.07, 6.45) is 2.38. The number of nitriles is 1. The maximum atomic E-state index is 14.2. The Balaban J connectivity index is 1.10. The number of nitrogens with one attached hydrogen (secondary N) is 3. The fourth-order valence-electron chi connectivity index (χ4n) is 6.68. The van der Waals surface area contributed by atoms with Gasteiger partial charge < -0.3 is 20.9 Å². The van der Waals surface area contributed by atoms with Crippen molar-refractivity contribution >= 4 is 63.3 Å². The highest BCUT2D eigenvalue weighted by Gasteiger charge is 2.28. The second-order valence-corrected chi connectivity index (χ2v) is 16.3. The average molecular weight is 803 g/mol. The number of hydrogen-bond acceptors (Lipinski definition) is 8. The fourth-order valence-corrected chi connectivity index (χ4v) is 9.00. The molecule has 7 rings (SSSR count). The first-order valence-corrected chi connectivity index (χ1v) is 20.5. The van der Waals surface area contributed by atoms with E-state index < -0.39 is 17.1 Å². The van der Waals surface area contributed by atoms with Gasteiger partial charge in [0.1, 0.15) is 22.0 Å². The number of rotatable bonds is 13. The van der Waals surface area contributed by atoms with Crippen molar-refractivity contribution in [2.24, 2.45) is 0 Å². The van der Waals surface area contributed by atoms with Crippen molar-refractivity contribution < 1.29 is 14.4 Å². The van der Waals surface area contributed by atoms with Gasteiger partial charge in [0.25, 0.3) is 11.8 Å². The van der Waals surface area contributed by atoms with E-state index in [1.807, 2.05) is 110 Å². The first kappa shape index (κ1) is 39.8. The highest BCUT2D eigenvalue weighted by molar-refractivity contribution is 8.00. The normalized spacial score (nSPS) is 13.1. The molecule has 1 aromatic heterocycles. The van der Waals surface area contributed by atoms with Gasteiger partial charge in [-0.25, -0.2) is 0 Å². The molecule has 290 valence electrons. The van der Waals surface area contributed by atoms with Crippen LogP contribution >= 0.6 is 23.1 Å². The van der Waals surface area contributed by atoms with Gasteiger partial charge >= 0.3 is 0 Å². The van der Waals surface area contributed by atoms with Crippen LogP contribution in [0.15, 0.2) is 150 Å². The smallest absolute Gasteiger partial charge is 0.272 e. The van der Waals surface area contributed by atoms with Crippen LogP contribution in [-0.2, 0) is 29.1 Å². The quantitative estimate of drug-likeness (QED) is 0.0788. The molecule has 9 nitrogen and oxygen atoms in total. The van der Waals surface area contributed by atoms with E-state index >= 15 is 0 Å². The van der Waals surface area contributed by atoms with Gasteiger partial charge in [0.2, 0.25) is 5.91 Å². The Morgan fingerprint density at radius 2 is 1.55 bits per heavy atom. The second-order valence-electron chi connectivity index (χ2n) is 14.0. The summed E-state index contributed by atoms with van der Waals surface area (Å²) >= 11 is 2.82. The molecule has 11 heteroatoms. The van der Waals surface area contributed by atoms with Gasteiger partial charge in [-0.3, -0.25) is 19.3 Å². The van der Waals surface area contributed by atoms with Crippen LogP contribution in [0.2, 0.25) is 0 Å². The minimum atomic E-state index is -0.668. The molecule has 1 aliphatic rings. The van der Waals surface area contributed by atoms with Crippen LogP contribution in [0.3, 0.4) is 0 Å². The molecule has 1 atom stereocenters. The largest absolute Gasteiger partial charge is 0.378 e. The third-order valence-electron chi connectivity index (χ3n) is 9.67. The van der Waals surface area contributed by atoms with Gasteiger partial charge in [-0.05, 0) is 77.2 Å². The number of amides is 3. The highest BCUT2D eigenvalue weighted by atomic mass is 32.2. The van der Waals surface area contributed by atoms with E-state index in [0.29, 0.717) is 28.4 Å². The van der Waals surface area contributed by atoms with Crippen LogP contribution in [0.4, 0.5) is 16.4 Å². The summed E-state index contributed by atoms with van der Waals surface area (Å²) in [4.78, 5) is 47.5. The summed E-state index contributed by atoms with van der Waals surface area (Å²) in [7, 11) is 3.90. The molecular formula is C47H42N6O3S2. The zero-order valence-corrected chi connectivity index (χ0v) is 33.8. The van der Waals surface area contributed by atoms with Crippen molar-refractivity contribution in [3.63, 3.8) is 0 Å². The monoisotopic (exact) mass is 802 g/mol. The van der Waals surface area contributed by atoms with E-state index in [1.54, 1.807) is 42.5 Å². The topological polar surface area (TPSA) is 118 Å². The summed E-state index contributed by atoms with van der Waals surface area (Å²) in [5, 5.41) is 19.0. The van der Waals surface area contributed by atoms with Crippen LogP contribution in [0.5, 0.6) is 0 Å². The second kappa shape index (κ2) is 18.7. The van der Waals surface area contributed by atoms with E-state index in [9.17, 15) is 19.6 Å². The number of thioether (sulfide) groups is 1. The van der Waals surface area contributed by atoms with Gasteiger partial charge in [-0.2, -0.15) is 5.26 Å². The lowest BCUT2D eigenvalue weighted by molar-refractivity contribution is -0.116. The van der Waals surface area contributed by atoms with Crippen molar-refractivity contribution in [3.8, 4) is 6.07 Å². The molecule has 58 heavy (non-hydrogen) atoms. The average Bonchev–Trinajstić information content (AvgIpc) is 3.59. The zero-order chi connectivity index (χ0) is 40.4. The summed E-state index contributed by atoms with van der Waals surface area (Å²) < 4.78 is 0. The minimum absolute atomic E-state index is 0.0705. The Morgan fingerprint density at radius 3 is 2.24 bits per heavy atom. The van der Waals surface area contributed by atoms with Crippen LogP contribution in [0.25, 0.3) is 6.08 Å². The molecule has 0 aliphatic carbocycles. The molecule has 1 aliphatic heterocycles. The maximum Gasteiger partial charge on any atom is 0.272 e. The van der Waals surface area contributed by atoms with Crippen molar-refractivity contribution in [1.29, 1.82) is 5.26 Å². The highest BCUT2D eigenvalue weighted by Crippen LogP contribution is 2.41. The van der Waals surface area contributed by atoms with Gasteiger partial charge in [-0.15, -0.1) is 23.1 Å². The van der Waals surface area contributed by atoms with Crippen molar-refractivity contribution in [1.82, 2.24) is 10.2 Å². The molecule has 0 bridgehead atoms. The third-order valence-corrected chi connectivity index (χ3v) is 12.0. The molecule has 5 aromatic carbocycles. The SMILES string of the molecule is CN(C)c1ccc(/C=C(/NC(=O)c2ccccc2)C(=O)Nc2cccc(SC(C(=O)Nc3sc4c(c3C#N)CCN(Cc3ccccc3)C4)c3ccccc3)c2)cc1. The molecule has 3 amide bonds. The summed E-state index contributed by atoms with van der Waals surface area (Å²) in [5.74, 6) is -1.17. The predicted octanol–water partition coefficient (Wildman–Crippen LogP) is 9.13. The molecule has 0 saturated carbocycles. The fraction of sp³-hybridized carbons (Fsp3) is 0.149. The van der Waals surface area contributed by atoms with E-state index in [4.69, 9.17) is 0 Å². The molecule has 6 aromatic rings. The van der Waals surface area contributed by atoms with E-state index in [0.717, 1.165) is 51.7 Å². The summed E-state index contributed by atoms with van der Waals surface area (Å²) in [6, 6.07) is 45.9. The van der Waals surface area contributed by atoms with Gasteiger partial charge in [0.15, 0.2) is 0 Å².